The fraction of sp³-hybridized carbons (Fsp3) is 0.0714. The van der Waals surface area contributed by atoms with Crippen molar-refractivity contribution in [3.05, 3.63) is 47.5 Å². The molecule has 0 bridgehead atoms. The number of para-hydroxylation sites is 1. The Bertz CT molecular complexity index is 724. The normalized spacial score (nSPS) is 10.8. The molecule has 19 heavy (non-hydrogen) atoms. The van der Waals surface area contributed by atoms with E-state index in [1.807, 2.05) is 30.3 Å². The van der Waals surface area contributed by atoms with Crippen LogP contribution in [0.3, 0.4) is 0 Å². The topological polar surface area (TPSA) is 24.9 Å². The lowest BCUT2D eigenvalue weighted by molar-refractivity contribution is 1.38. The van der Waals surface area contributed by atoms with Gasteiger partial charge >= 0.3 is 0 Å². The summed E-state index contributed by atoms with van der Waals surface area (Å²) in [5.74, 6) is 0. The van der Waals surface area contributed by atoms with Gasteiger partial charge in [-0.15, -0.1) is 11.8 Å². The number of anilines is 2. The number of fused-ring (bicyclic) bond motifs is 1. The number of aromatic nitrogens is 1. The van der Waals surface area contributed by atoms with Gasteiger partial charge in [0.15, 0.2) is 5.13 Å². The molecule has 0 aliphatic heterocycles. The molecule has 96 valence electrons. The van der Waals surface area contributed by atoms with Crippen LogP contribution in [0.2, 0.25) is 5.02 Å². The minimum absolute atomic E-state index is 0.743. The summed E-state index contributed by atoms with van der Waals surface area (Å²) >= 11 is 9.32. The molecule has 0 spiro atoms. The molecule has 3 aromatic rings. The summed E-state index contributed by atoms with van der Waals surface area (Å²) in [6.45, 7) is 0. The molecular weight excluding hydrogens is 296 g/mol. The van der Waals surface area contributed by atoms with Gasteiger partial charge in [0.25, 0.3) is 0 Å². The van der Waals surface area contributed by atoms with Crippen molar-refractivity contribution in [1.82, 2.24) is 4.98 Å². The zero-order valence-electron chi connectivity index (χ0n) is 10.2. The van der Waals surface area contributed by atoms with Crippen LogP contribution in [0.25, 0.3) is 10.2 Å². The Hall–Kier alpha value is -1.23. The highest BCUT2D eigenvalue weighted by Gasteiger charge is 2.06. The van der Waals surface area contributed by atoms with Crippen LogP contribution in [0.4, 0.5) is 10.8 Å². The summed E-state index contributed by atoms with van der Waals surface area (Å²) in [6, 6.07) is 14.0. The van der Waals surface area contributed by atoms with E-state index in [1.54, 1.807) is 23.1 Å². The number of thiazole rings is 1. The predicted molar refractivity (Wildman–Crippen MR) is 86.1 cm³/mol. The Morgan fingerprint density at radius 2 is 2.05 bits per heavy atom. The minimum Gasteiger partial charge on any atom is -0.331 e. The van der Waals surface area contributed by atoms with Gasteiger partial charge in [-0.2, -0.15) is 0 Å². The van der Waals surface area contributed by atoms with Crippen molar-refractivity contribution in [3.8, 4) is 0 Å². The second-order valence-electron chi connectivity index (χ2n) is 3.96. The molecule has 0 amide bonds. The van der Waals surface area contributed by atoms with Crippen molar-refractivity contribution in [3.63, 3.8) is 0 Å². The first-order valence-corrected chi connectivity index (χ1v) is 8.14. The largest absolute Gasteiger partial charge is 0.331 e. The Labute approximate surface area is 124 Å². The van der Waals surface area contributed by atoms with E-state index < -0.39 is 0 Å². The van der Waals surface area contributed by atoms with Crippen LogP contribution in [0.1, 0.15) is 0 Å². The summed E-state index contributed by atoms with van der Waals surface area (Å²) in [5.41, 5.74) is 2.05. The number of halogens is 1. The summed E-state index contributed by atoms with van der Waals surface area (Å²) in [4.78, 5) is 5.77. The number of nitrogens with zero attached hydrogens (tertiary/aromatic N) is 1. The number of rotatable bonds is 3. The summed E-state index contributed by atoms with van der Waals surface area (Å²) < 4.78 is 1.09. The van der Waals surface area contributed by atoms with E-state index in [2.05, 4.69) is 28.7 Å². The average molecular weight is 307 g/mol. The van der Waals surface area contributed by atoms with Crippen molar-refractivity contribution in [2.45, 2.75) is 4.90 Å². The molecule has 0 atom stereocenters. The van der Waals surface area contributed by atoms with Gasteiger partial charge in [0.1, 0.15) is 0 Å². The van der Waals surface area contributed by atoms with Crippen LogP contribution in [-0.2, 0) is 0 Å². The highest BCUT2D eigenvalue weighted by Crippen LogP contribution is 2.33. The molecule has 0 saturated heterocycles. The number of benzene rings is 2. The van der Waals surface area contributed by atoms with Crippen LogP contribution in [-0.4, -0.2) is 11.2 Å². The summed E-state index contributed by atoms with van der Waals surface area (Å²) in [5, 5.41) is 5.01. The SMILES string of the molecule is CSc1ccccc1Nc1nc2ccc(Cl)cc2s1. The van der Waals surface area contributed by atoms with Gasteiger partial charge in [0.05, 0.1) is 15.9 Å². The van der Waals surface area contributed by atoms with E-state index in [-0.39, 0.29) is 0 Å². The van der Waals surface area contributed by atoms with Crippen molar-refractivity contribution >= 4 is 55.7 Å². The fourth-order valence-corrected chi connectivity index (χ4v) is 3.52. The summed E-state index contributed by atoms with van der Waals surface area (Å²) in [7, 11) is 0. The molecule has 0 saturated carbocycles. The molecular formula is C14H11ClN2S2. The molecule has 1 N–H and O–H groups in total. The second kappa shape index (κ2) is 5.41. The maximum Gasteiger partial charge on any atom is 0.188 e. The quantitative estimate of drug-likeness (QED) is 0.654. The smallest absolute Gasteiger partial charge is 0.188 e. The van der Waals surface area contributed by atoms with Gasteiger partial charge < -0.3 is 5.32 Å². The molecule has 1 aromatic heterocycles. The van der Waals surface area contributed by atoms with Crippen molar-refractivity contribution in [1.29, 1.82) is 0 Å². The lowest BCUT2D eigenvalue weighted by Gasteiger charge is -2.06. The molecule has 0 radical (unpaired) electrons. The Kier molecular flexibility index (Phi) is 3.64. The van der Waals surface area contributed by atoms with Crippen LogP contribution in [0.15, 0.2) is 47.4 Å². The zero-order chi connectivity index (χ0) is 13.2. The average Bonchev–Trinajstić information content (AvgIpc) is 2.80. The van der Waals surface area contributed by atoms with E-state index in [1.165, 1.54) is 4.90 Å². The van der Waals surface area contributed by atoms with Crippen LogP contribution >= 0.6 is 34.7 Å². The molecule has 3 rings (SSSR count). The highest BCUT2D eigenvalue weighted by atomic mass is 35.5. The fourth-order valence-electron chi connectivity index (χ4n) is 1.82. The van der Waals surface area contributed by atoms with Gasteiger partial charge in [-0.3, -0.25) is 0 Å². The van der Waals surface area contributed by atoms with Gasteiger partial charge in [-0.1, -0.05) is 35.1 Å². The first-order valence-electron chi connectivity index (χ1n) is 5.72. The molecule has 0 fully saturated rings. The zero-order valence-corrected chi connectivity index (χ0v) is 12.6. The van der Waals surface area contributed by atoms with Gasteiger partial charge in [0.2, 0.25) is 0 Å². The van der Waals surface area contributed by atoms with Gasteiger partial charge in [-0.25, -0.2) is 4.98 Å². The van der Waals surface area contributed by atoms with Crippen LogP contribution < -0.4 is 5.32 Å². The van der Waals surface area contributed by atoms with E-state index in [9.17, 15) is 0 Å². The van der Waals surface area contributed by atoms with Crippen LogP contribution in [0.5, 0.6) is 0 Å². The van der Waals surface area contributed by atoms with E-state index in [0.717, 1.165) is 26.1 Å². The van der Waals surface area contributed by atoms with Gasteiger partial charge in [0, 0.05) is 9.92 Å². The van der Waals surface area contributed by atoms with Crippen molar-refractivity contribution in [2.75, 3.05) is 11.6 Å². The second-order valence-corrected chi connectivity index (χ2v) is 6.27. The Balaban J connectivity index is 1.96. The summed E-state index contributed by atoms with van der Waals surface area (Å²) in [6.07, 6.45) is 2.07. The standard InChI is InChI=1S/C14H11ClN2S2/c1-18-12-5-3-2-4-10(12)16-14-17-11-7-6-9(15)8-13(11)19-14/h2-8H,1H3,(H,16,17). The van der Waals surface area contributed by atoms with E-state index in [0.29, 0.717) is 0 Å². The lowest BCUT2D eigenvalue weighted by atomic mass is 10.3. The third-order valence-corrected chi connectivity index (χ3v) is 4.66. The first kappa shape index (κ1) is 12.8. The number of hydrogen-bond acceptors (Lipinski definition) is 4. The molecule has 2 nitrogen and oxygen atoms in total. The maximum absolute atomic E-state index is 5.99. The number of nitrogens with one attached hydrogen (secondary N) is 1. The van der Waals surface area contributed by atoms with Crippen molar-refractivity contribution < 1.29 is 0 Å². The number of hydrogen-bond donors (Lipinski definition) is 1. The third kappa shape index (κ3) is 2.71. The monoisotopic (exact) mass is 306 g/mol. The van der Waals surface area contributed by atoms with Crippen molar-refractivity contribution in [2.24, 2.45) is 0 Å². The third-order valence-electron chi connectivity index (χ3n) is 2.70. The van der Waals surface area contributed by atoms with E-state index in [4.69, 9.17) is 11.6 Å². The van der Waals surface area contributed by atoms with Crippen LogP contribution in [0, 0.1) is 0 Å². The molecule has 0 aliphatic rings. The highest BCUT2D eigenvalue weighted by molar-refractivity contribution is 7.98. The predicted octanol–water partition coefficient (Wildman–Crippen LogP) is 5.42. The molecule has 0 aliphatic carbocycles. The Morgan fingerprint density at radius 3 is 2.89 bits per heavy atom. The Morgan fingerprint density at radius 1 is 1.21 bits per heavy atom. The van der Waals surface area contributed by atoms with Gasteiger partial charge in [-0.05, 0) is 36.6 Å². The molecule has 2 aromatic carbocycles. The molecule has 5 heteroatoms. The maximum atomic E-state index is 5.99. The van der Waals surface area contributed by atoms with E-state index >= 15 is 0 Å². The number of thioether (sulfide) groups is 1. The minimum atomic E-state index is 0.743. The molecule has 0 unspecified atom stereocenters. The molecule has 1 heterocycles. The first-order chi connectivity index (χ1) is 9.26. The lowest BCUT2D eigenvalue weighted by Crippen LogP contribution is -1.90.